The summed E-state index contributed by atoms with van der Waals surface area (Å²) in [5.41, 5.74) is 3.10. The molecule has 0 radical (unpaired) electrons. The quantitative estimate of drug-likeness (QED) is 0.805. The normalized spacial score (nSPS) is 15.6. The Morgan fingerprint density at radius 1 is 1.31 bits per heavy atom. The van der Waals surface area contributed by atoms with Gasteiger partial charge >= 0.3 is 0 Å². The van der Waals surface area contributed by atoms with E-state index in [9.17, 15) is 4.79 Å². The van der Waals surface area contributed by atoms with Crippen LogP contribution in [0.4, 0.5) is 0 Å². The molecule has 0 bridgehead atoms. The monoisotopic (exact) mass is 233 g/mol. The third-order valence-corrected chi connectivity index (χ3v) is 3.36. The second-order valence-electron chi connectivity index (χ2n) is 4.51. The minimum atomic E-state index is 0.0706. The summed E-state index contributed by atoms with van der Waals surface area (Å²) in [5, 5.41) is 1.31. The van der Waals surface area contributed by atoms with Crippen molar-refractivity contribution in [2.75, 3.05) is 0 Å². The third kappa shape index (κ3) is 1.54. The number of hydrogen-bond acceptors (Lipinski definition) is 1. The first-order valence-corrected chi connectivity index (χ1v) is 5.86. The molecule has 1 aliphatic rings. The summed E-state index contributed by atoms with van der Waals surface area (Å²) < 4.78 is 0. The van der Waals surface area contributed by atoms with Crippen LogP contribution in [0.3, 0.4) is 0 Å². The lowest BCUT2D eigenvalue weighted by atomic mass is 10.1. The fourth-order valence-corrected chi connectivity index (χ4v) is 2.39. The first kappa shape index (κ1) is 9.91. The van der Waals surface area contributed by atoms with Crippen molar-refractivity contribution in [3.8, 4) is 0 Å². The van der Waals surface area contributed by atoms with Crippen LogP contribution >= 0.6 is 11.6 Å². The maximum absolute atomic E-state index is 12.0. The third-order valence-electron chi connectivity index (χ3n) is 3.14. The Bertz CT molecular complexity index is 626. The molecule has 0 atom stereocenters. The van der Waals surface area contributed by atoms with Gasteiger partial charge in [-0.1, -0.05) is 11.6 Å². The molecular formula is C13H12ClNO. The number of rotatable bonds is 1. The summed E-state index contributed by atoms with van der Waals surface area (Å²) in [4.78, 5) is 15.3. The van der Waals surface area contributed by atoms with Gasteiger partial charge < -0.3 is 4.98 Å². The van der Waals surface area contributed by atoms with Crippen molar-refractivity contribution in [3.63, 3.8) is 0 Å². The molecule has 3 heteroatoms. The molecule has 0 amide bonds. The Balaban J connectivity index is 2.37. The molecule has 1 saturated carbocycles. The number of nitrogens with one attached hydrogen (secondary N) is 1. The van der Waals surface area contributed by atoms with Crippen molar-refractivity contribution in [1.82, 2.24) is 4.98 Å². The second-order valence-corrected chi connectivity index (χ2v) is 4.94. The lowest BCUT2D eigenvalue weighted by Gasteiger charge is -2.06. The average molecular weight is 234 g/mol. The van der Waals surface area contributed by atoms with E-state index in [-0.39, 0.29) is 5.43 Å². The van der Waals surface area contributed by atoms with Crippen molar-refractivity contribution in [3.05, 3.63) is 44.7 Å². The Morgan fingerprint density at radius 3 is 2.75 bits per heavy atom. The van der Waals surface area contributed by atoms with E-state index in [0.29, 0.717) is 16.3 Å². The smallest absolute Gasteiger partial charge is 0.189 e. The van der Waals surface area contributed by atoms with Gasteiger partial charge in [0.05, 0.1) is 5.52 Å². The van der Waals surface area contributed by atoms with E-state index in [4.69, 9.17) is 11.6 Å². The van der Waals surface area contributed by atoms with Gasteiger partial charge in [0.2, 0.25) is 0 Å². The maximum Gasteiger partial charge on any atom is 0.189 e. The summed E-state index contributed by atoms with van der Waals surface area (Å²) in [6, 6.07) is 5.34. The highest BCUT2D eigenvalue weighted by Crippen LogP contribution is 2.39. The zero-order chi connectivity index (χ0) is 11.3. The Kier molecular flexibility index (Phi) is 2.08. The number of halogens is 1. The summed E-state index contributed by atoms with van der Waals surface area (Å²) in [5.74, 6) is 0.562. The van der Waals surface area contributed by atoms with Crippen molar-refractivity contribution in [2.24, 2.45) is 0 Å². The fraction of sp³-hybridized carbons (Fsp3) is 0.308. The van der Waals surface area contributed by atoms with Crippen molar-refractivity contribution >= 4 is 22.5 Å². The van der Waals surface area contributed by atoms with E-state index < -0.39 is 0 Å². The molecule has 0 spiro atoms. The van der Waals surface area contributed by atoms with Crippen molar-refractivity contribution in [2.45, 2.75) is 25.7 Å². The zero-order valence-corrected chi connectivity index (χ0v) is 9.77. The van der Waals surface area contributed by atoms with Gasteiger partial charge in [-0.2, -0.15) is 0 Å². The molecule has 2 aromatic rings. The highest BCUT2D eigenvalue weighted by molar-refractivity contribution is 6.31. The Hall–Kier alpha value is -1.28. The van der Waals surface area contributed by atoms with Gasteiger partial charge in [0.1, 0.15) is 0 Å². The van der Waals surface area contributed by atoms with Crippen LogP contribution in [-0.4, -0.2) is 4.98 Å². The number of pyridine rings is 1. The SMILES string of the molecule is Cc1cc(Cl)cc2c(=O)cc(C3CC3)[nH]c12. The predicted molar refractivity (Wildman–Crippen MR) is 66.3 cm³/mol. The van der Waals surface area contributed by atoms with Gasteiger partial charge in [-0.15, -0.1) is 0 Å². The van der Waals surface area contributed by atoms with Gasteiger partial charge in [-0.25, -0.2) is 0 Å². The van der Waals surface area contributed by atoms with Crippen LogP contribution in [0.15, 0.2) is 23.0 Å². The molecular weight excluding hydrogens is 222 g/mol. The highest BCUT2D eigenvalue weighted by Gasteiger charge is 2.25. The van der Waals surface area contributed by atoms with Gasteiger partial charge in [0.15, 0.2) is 5.43 Å². The van der Waals surface area contributed by atoms with Crippen LogP contribution < -0.4 is 5.43 Å². The molecule has 2 nitrogen and oxygen atoms in total. The predicted octanol–water partition coefficient (Wildman–Crippen LogP) is 3.37. The van der Waals surface area contributed by atoms with Crippen LogP contribution in [0.1, 0.15) is 30.0 Å². The van der Waals surface area contributed by atoms with Crippen molar-refractivity contribution < 1.29 is 0 Å². The lowest BCUT2D eigenvalue weighted by Crippen LogP contribution is -2.05. The number of fused-ring (bicyclic) bond motifs is 1. The van der Waals surface area contributed by atoms with Crippen LogP contribution in [0.2, 0.25) is 5.02 Å². The van der Waals surface area contributed by atoms with Gasteiger partial charge in [-0.3, -0.25) is 4.79 Å². The summed E-state index contributed by atoms with van der Waals surface area (Å²) in [7, 11) is 0. The van der Waals surface area contributed by atoms with E-state index in [1.54, 1.807) is 12.1 Å². The van der Waals surface area contributed by atoms with Gasteiger partial charge in [0, 0.05) is 22.2 Å². The van der Waals surface area contributed by atoms with E-state index in [2.05, 4.69) is 4.98 Å². The minimum Gasteiger partial charge on any atom is -0.358 e. The number of aromatic amines is 1. The first-order valence-electron chi connectivity index (χ1n) is 5.48. The van der Waals surface area contributed by atoms with Crippen LogP contribution in [-0.2, 0) is 0 Å². The highest BCUT2D eigenvalue weighted by atomic mass is 35.5. The number of H-pyrrole nitrogens is 1. The van der Waals surface area contributed by atoms with E-state index in [0.717, 1.165) is 16.8 Å². The number of aryl methyl sites for hydroxylation is 1. The average Bonchev–Trinajstić information content (AvgIpc) is 3.02. The summed E-state index contributed by atoms with van der Waals surface area (Å²) in [6.07, 6.45) is 2.38. The molecule has 1 aromatic carbocycles. The Labute approximate surface area is 98.3 Å². The Morgan fingerprint density at radius 2 is 2.06 bits per heavy atom. The largest absolute Gasteiger partial charge is 0.358 e. The van der Waals surface area contributed by atoms with Crippen molar-refractivity contribution in [1.29, 1.82) is 0 Å². The zero-order valence-electron chi connectivity index (χ0n) is 9.01. The topological polar surface area (TPSA) is 32.9 Å². The molecule has 1 fully saturated rings. The molecule has 0 aliphatic heterocycles. The standard InChI is InChI=1S/C13H12ClNO/c1-7-4-9(14)5-10-12(16)6-11(8-2-3-8)15-13(7)10/h4-6,8H,2-3H2,1H3,(H,15,16). The molecule has 82 valence electrons. The second kappa shape index (κ2) is 3.36. The van der Waals surface area contributed by atoms with Gasteiger partial charge in [0.25, 0.3) is 0 Å². The minimum absolute atomic E-state index is 0.0706. The van der Waals surface area contributed by atoms with E-state index >= 15 is 0 Å². The van der Waals surface area contributed by atoms with E-state index in [1.807, 2.05) is 13.0 Å². The number of benzene rings is 1. The lowest BCUT2D eigenvalue weighted by molar-refractivity contribution is 1.04. The molecule has 0 saturated heterocycles. The number of aromatic nitrogens is 1. The summed E-state index contributed by atoms with van der Waals surface area (Å²) >= 11 is 5.96. The molecule has 0 unspecified atom stereocenters. The maximum atomic E-state index is 12.0. The molecule has 16 heavy (non-hydrogen) atoms. The first-order chi connectivity index (χ1) is 7.65. The molecule has 3 rings (SSSR count). The number of hydrogen-bond donors (Lipinski definition) is 1. The fourth-order valence-electron chi connectivity index (χ4n) is 2.12. The summed E-state index contributed by atoms with van der Waals surface area (Å²) in [6.45, 7) is 1.97. The van der Waals surface area contributed by atoms with Crippen LogP contribution in [0.25, 0.3) is 10.9 Å². The van der Waals surface area contributed by atoms with Gasteiger partial charge in [-0.05, 0) is 43.4 Å². The molecule has 1 aromatic heterocycles. The molecule has 1 heterocycles. The van der Waals surface area contributed by atoms with Crippen LogP contribution in [0, 0.1) is 6.92 Å². The molecule has 1 N–H and O–H groups in total. The van der Waals surface area contributed by atoms with Crippen LogP contribution in [0.5, 0.6) is 0 Å². The van der Waals surface area contributed by atoms with E-state index in [1.165, 1.54) is 12.8 Å². The molecule has 1 aliphatic carbocycles.